The van der Waals surface area contributed by atoms with Crippen LogP contribution in [0.15, 0.2) is 48.5 Å². The highest BCUT2D eigenvalue weighted by atomic mass is 16.5. The third kappa shape index (κ3) is 5.05. The van der Waals surface area contributed by atoms with Crippen molar-refractivity contribution in [3.63, 3.8) is 0 Å². The normalized spacial score (nSPS) is 13.1. The second kappa shape index (κ2) is 9.20. The molecule has 0 radical (unpaired) electrons. The van der Waals surface area contributed by atoms with E-state index in [1.807, 2.05) is 30.3 Å². The summed E-state index contributed by atoms with van der Waals surface area (Å²) in [5.41, 5.74) is 1.35. The lowest BCUT2D eigenvalue weighted by molar-refractivity contribution is 0.0169. The van der Waals surface area contributed by atoms with Crippen molar-refractivity contribution >= 4 is 5.78 Å². The van der Waals surface area contributed by atoms with Gasteiger partial charge in [0, 0.05) is 0 Å². The number of carbonyl (C=O) groups is 1. The van der Waals surface area contributed by atoms with Crippen LogP contribution in [-0.4, -0.2) is 42.4 Å². The molecule has 0 saturated heterocycles. The van der Waals surface area contributed by atoms with E-state index in [1.54, 1.807) is 12.1 Å². The molecule has 0 aliphatic heterocycles. The number of benzene rings is 2. The van der Waals surface area contributed by atoms with Crippen LogP contribution in [0.1, 0.15) is 28.8 Å². The summed E-state index contributed by atoms with van der Waals surface area (Å²) in [6.45, 7) is 0. The van der Waals surface area contributed by atoms with Gasteiger partial charge in [-0.15, -0.1) is 0 Å². The highest BCUT2D eigenvalue weighted by Gasteiger charge is 2.27. The van der Waals surface area contributed by atoms with E-state index in [2.05, 4.69) is 0 Å². The van der Waals surface area contributed by atoms with Gasteiger partial charge >= 0.3 is 0 Å². The number of hydrogen-bond donors (Lipinski definition) is 2. The number of aryl methyl sites for hydroxylation is 1. The Hall–Kier alpha value is -2.37. The van der Waals surface area contributed by atoms with E-state index in [9.17, 15) is 15.0 Å². The van der Waals surface area contributed by atoms with Crippen molar-refractivity contribution in [2.75, 3.05) is 14.2 Å². The van der Waals surface area contributed by atoms with Gasteiger partial charge in [-0.3, -0.25) is 4.79 Å². The van der Waals surface area contributed by atoms with Crippen molar-refractivity contribution in [2.24, 2.45) is 0 Å². The van der Waals surface area contributed by atoms with E-state index < -0.39 is 18.0 Å². The third-order valence-corrected chi connectivity index (χ3v) is 4.11. The van der Waals surface area contributed by atoms with E-state index in [0.717, 1.165) is 12.0 Å². The van der Waals surface area contributed by atoms with Crippen LogP contribution in [-0.2, 0) is 6.42 Å². The van der Waals surface area contributed by atoms with Crippen LogP contribution in [0.25, 0.3) is 0 Å². The fourth-order valence-corrected chi connectivity index (χ4v) is 2.66. The molecule has 0 saturated carbocycles. The average Bonchev–Trinajstić information content (AvgIpc) is 2.66. The smallest absolute Gasteiger partial charge is 0.197 e. The Morgan fingerprint density at radius 3 is 2.40 bits per heavy atom. The van der Waals surface area contributed by atoms with Gasteiger partial charge < -0.3 is 19.7 Å². The first-order chi connectivity index (χ1) is 12.1. The SMILES string of the molecule is COc1ccc(OC)c(C(=O)[C@H](O)[C@@H](O)CCCc2ccccc2)c1. The van der Waals surface area contributed by atoms with Gasteiger partial charge in [0.15, 0.2) is 5.78 Å². The second-order valence-electron chi connectivity index (χ2n) is 5.82. The zero-order valence-electron chi connectivity index (χ0n) is 14.5. The maximum Gasteiger partial charge on any atom is 0.197 e. The Kier molecular flexibility index (Phi) is 6.98. The first-order valence-corrected chi connectivity index (χ1v) is 8.23. The van der Waals surface area contributed by atoms with Crippen LogP contribution < -0.4 is 9.47 Å². The summed E-state index contributed by atoms with van der Waals surface area (Å²) in [7, 11) is 2.94. The molecule has 2 rings (SSSR count). The first-order valence-electron chi connectivity index (χ1n) is 8.23. The number of hydrogen-bond acceptors (Lipinski definition) is 5. The zero-order chi connectivity index (χ0) is 18.2. The van der Waals surface area contributed by atoms with E-state index in [4.69, 9.17) is 9.47 Å². The monoisotopic (exact) mass is 344 g/mol. The van der Waals surface area contributed by atoms with Gasteiger partial charge in [-0.25, -0.2) is 0 Å². The van der Waals surface area contributed by atoms with Crippen LogP contribution in [0.5, 0.6) is 11.5 Å². The summed E-state index contributed by atoms with van der Waals surface area (Å²) in [6, 6.07) is 14.6. The molecular formula is C20H24O5. The Bertz CT molecular complexity index is 684. The number of ketones is 1. The fourth-order valence-electron chi connectivity index (χ4n) is 2.66. The molecule has 25 heavy (non-hydrogen) atoms. The Morgan fingerprint density at radius 2 is 1.76 bits per heavy atom. The molecule has 2 atom stereocenters. The van der Waals surface area contributed by atoms with Crippen LogP contribution in [0.3, 0.4) is 0 Å². The lowest BCUT2D eigenvalue weighted by atomic mass is 9.97. The zero-order valence-corrected chi connectivity index (χ0v) is 14.5. The molecule has 134 valence electrons. The molecule has 0 bridgehead atoms. The molecule has 0 aliphatic rings. The summed E-state index contributed by atoms with van der Waals surface area (Å²) >= 11 is 0. The minimum atomic E-state index is -1.50. The van der Waals surface area contributed by atoms with Gasteiger partial charge in [-0.2, -0.15) is 0 Å². The third-order valence-electron chi connectivity index (χ3n) is 4.11. The van der Waals surface area contributed by atoms with Crippen LogP contribution >= 0.6 is 0 Å². The molecule has 0 unspecified atom stereocenters. The maximum atomic E-state index is 12.5. The Morgan fingerprint density at radius 1 is 1.04 bits per heavy atom. The van der Waals surface area contributed by atoms with Crippen molar-refractivity contribution in [1.29, 1.82) is 0 Å². The average molecular weight is 344 g/mol. The molecule has 0 aromatic heterocycles. The largest absolute Gasteiger partial charge is 0.497 e. The molecule has 0 fully saturated rings. The second-order valence-corrected chi connectivity index (χ2v) is 5.82. The number of carbonyl (C=O) groups excluding carboxylic acids is 1. The summed E-state index contributed by atoms with van der Waals surface area (Å²) in [4.78, 5) is 12.5. The highest BCUT2D eigenvalue weighted by Crippen LogP contribution is 2.26. The Labute approximate surface area is 147 Å². The summed E-state index contributed by atoms with van der Waals surface area (Å²) < 4.78 is 10.3. The van der Waals surface area contributed by atoms with E-state index in [-0.39, 0.29) is 5.56 Å². The Balaban J connectivity index is 1.98. The number of methoxy groups -OCH3 is 2. The van der Waals surface area contributed by atoms with Gasteiger partial charge in [-0.1, -0.05) is 30.3 Å². The van der Waals surface area contributed by atoms with Gasteiger partial charge in [0.1, 0.15) is 17.6 Å². The molecule has 2 N–H and O–H groups in total. The molecule has 2 aromatic carbocycles. The van der Waals surface area contributed by atoms with Crippen molar-refractivity contribution < 1.29 is 24.5 Å². The molecule has 5 nitrogen and oxygen atoms in total. The predicted octanol–water partition coefficient (Wildman–Crippen LogP) is 2.63. The van der Waals surface area contributed by atoms with E-state index in [1.165, 1.54) is 20.3 Å². The number of aliphatic hydroxyl groups excluding tert-OH is 2. The minimum absolute atomic E-state index is 0.191. The van der Waals surface area contributed by atoms with E-state index >= 15 is 0 Å². The van der Waals surface area contributed by atoms with E-state index in [0.29, 0.717) is 24.3 Å². The van der Waals surface area contributed by atoms with Gasteiger partial charge in [0.25, 0.3) is 0 Å². The summed E-state index contributed by atoms with van der Waals surface area (Å²) in [5.74, 6) is 0.235. The van der Waals surface area contributed by atoms with Crippen LogP contribution in [0, 0.1) is 0 Å². The van der Waals surface area contributed by atoms with Gasteiger partial charge in [0.05, 0.1) is 25.9 Å². The molecule has 0 amide bonds. The molecule has 0 heterocycles. The topological polar surface area (TPSA) is 76.0 Å². The minimum Gasteiger partial charge on any atom is -0.497 e. The molecule has 0 aliphatic carbocycles. The van der Waals surface area contributed by atoms with Crippen LogP contribution in [0.4, 0.5) is 0 Å². The van der Waals surface area contributed by atoms with Crippen LogP contribution in [0.2, 0.25) is 0 Å². The summed E-state index contributed by atoms with van der Waals surface area (Å²) in [6.07, 6.45) is -0.857. The van der Waals surface area contributed by atoms with Crippen molar-refractivity contribution in [2.45, 2.75) is 31.5 Å². The van der Waals surface area contributed by atoms with Crippen molar-refractivity contribution in [1.82, 2.24) is 0 Å². The van der Waals surface area contributed by atoms with Crippen molar-refractivity contribution in [3.8, 4) is 11.5 Å². The number of rotatable bonds is 9. The number of Topliss-reactive ketones (excluding diaryl/α,β-unsaturated/α-hetero) is 1. The fraction of sp³-hybridized carbons (Fsp3) is 0.350. The molecule has 0 spiro atoms. The number of ether oxygens (including phenoxy) is 2. The first kappa shape index (κ1) is 19.0. The molecular weight excluding hydrogens is 320 g/mol. The van der Waals surface area contributed by atoms with Crippen molar-refractivity contribution in [3.05, 3.63) is 59.7 Å². The lowest BCUT2D eigenvalue weighted by Gasteiger charge is -2.18. The highest BCUT2D eigenvalue weighted by molar-refractivity contribution is 6.02. The van der Waals surface area contributed by atoms with Gasteiger partial charge in [-0.05, 0) is 43.0 Å². The quantitative estimate of drug-likeness (QED) is 0.684. The predicted molar refractivity (Wildman–Crippen MR) is 95.3 cm³/mol. The molecule has 5 heteroatoms. The summed E-state index contributed by atoms with van der Waals surface area (Å²) in [5, 5.41) is 20.4. The lowest BCUT2D eigenvalue weighted by Crippen LogP contribution is -2.34. The molecule has 2 aromatic rings. The number of aliphatic hydroxyl groups is 2. The standard InChI is InChI=1S/C20H24O5/c1-24-15-11-12-18(25-2)16(13-15)19(22)20(23)17(21)10-6-9-14-7-4-3-5-8-14/h3-5,7-8,11-13,17,20-21,23H,6,9-10H2,1-2H3/t17-,20+/m0/s1. The van der Waals surface area contributed by atoms with Gasteiger partial charge in [0.2, 0.25) is 0 Å². The maximum absolute atomic E-state index is 12.5.